The standard InChI is InChI=1S/C25H27N3O4/c1-28(2)25(32)17-12-8-14-19(22(17)29)27-21-20(23(30)24(21)31)26-18-13-7-6-11-16(18)15-9-4-3-5-10-15/h3-5,8-10,12,14,16,18,26-27,29H,6-7,11,13H2,1-2H3/t16-,18+/m0/s1. The first kappa shape index (κ1) is 21.6. The molecule has 0 saturated heterocycles. The zero-order chi connectivity index (χ0) is 22.8. The van der Waals surface area contributed by atoms with Crippen molar-refractivity contribution in [3.8, 4) is 5.75 Å². The van der Waals surface area contributed by atoms with Gasteiger partial charge in [-0.1, -0.05) is 49.2 Å². The van der Waals surface area contributed by atoms with E-state index in [1.165, 1.54) is 16.5 Å². The maximum atomic E-state index is 12.4. The number of aromatic hydroxyl groups is 1. The molecule has 0 aromatic heterocycles. The summed E-state index contributed by atoms with van der Waals surface area (Å²) in [4.78, 5) is 38.4. The van der Waals surface area contributed by atoms with E-state index in [2.05, 4.69) is 22.8 Å². The quantitative estimate of drug-likeness (QED) is 0.406. The van der Waals surface area contributed by atoms with E-state index in [0.29, 0.717) is 0 Å². The third-order valence-electron chi connectivity index (χ3n) is 6.17. The average Bonchev–Trinajstić information content (AvgIpc) is 2.82. The van der Waals surface area contributed by atoms with Crippen LogP contribution in [0.25, 0.3) is 0 Å². The molecule has 0 heterocycles. The monoisotopic (exact) mass is 433 g/mol. The number of benzene rings is 2. The number of hydrogen-bond acceptors (Lipinski definition) is 6. The van der Waals surface area contributed by atoms with Crippen LogP contribution < -0.4 is 21.5 Å². The number of anilines is 3. The molecule has 1 fully saturated rings. The Kier molecular flexibility index (Phi) is 5.99. The fourth-order valence-corrected chi connectivity index (χ4v) is 4.43. The van der Waals surface area contributed by atoms with Crippen molar-refractivity contribution in [2.45, 2.75) is 37.6 Å². The van der Waals surface area contributed by atoms with Crippen LogP contribution in [-0.2, 0) is 0 Å². The molecular weight excluding hydrogens is 406 g/mol. The lowest BCUT2D eigenvalue weighted by molar-refractivity contribution is 0.0824. The van der Waals surface area contributed by atoms with Crippen LogP contribution in [0.2, 0.25) is 0 Å². The lowest BCUT2D eigenvalue weighted by Crippen LogP contribution is -2.41. The second-order valence-electron chi connectivity index (χ2n) is 8.49. The van der Waals surface area contributed by atoms with Gasteiger partial charge in [-0.25, -0.2) is 0 Å². The number of rotatable bonds is 6. The summed E-state index contributed by atoms with van der Waals surface area (Å²) in [5.74, 6) is -0.371. The van der Waals surface area contributed by atoms with Crippen LogP contribution in [0.15, 0.2) is 58.1 Å². The maximum Gasteiger partial charge on any atom is 0.257 e. The van der Waals surface area contributed by atoms with Crippen LogP contribution in [-0.4, -0.2) is 36.1 Å². The second kappa shape index (κ2) is 8.86. The number of nitrogens with zero attached hydrogens (tertiary/aromatic N) is 1. The Morgan fingerprint density at radius 2 is 1.62 bits per heavy atom. The Bertz CT molecular complexity index is 1200. The third-order valence-corrected chi connectivity index (χ3v) is 6.17. The van der Waals surface area contributed by atoms with Gasteiger partial charge in [-0.05, 0) is 30.5 Å². The van der Waals surface area contributed by atoms with E-state index in [4.69, 9.17) is 0 Å². The van der Waals surface area contributed by atoms with Crippen molar-refractivity contribution in [2.75, 3.05) is 24.7 Å². The molecular formula is C25H27N3O4. The van der Waals surface area contributed by atoms with Gasteiger partial charge in [0.25, 0.3) is 16.8 Å². The topological polar surface area (TPSA) is 98.7 Å². The van der Waals surface area contributed by atoms with E-state index in [1.807, 2.05) is 18.2 Å². The molecule has 0 bridgehead atoms. The van der Waals surface area contributed by atoms with Crippen molar-refractivity contribution in [3.63, 3.8) is 0 Å². The van der Waals surface area contributed by atoms with Crippen molar-refractivity contribution < 1.29 is 9.90 Å². The van der Waals surface area contributed by atoms with Crippen molar-refractivity contribution in [1.82, 2.24) is 4.90 Å². The van der Waals surface area contributed by atoms with E-state index in [0.717, 1.165) is 25.7 Å². The minimum atomic E-state index is -0.636. The highest BCUT2D eigenvalue weighted by molar-refractivity contribution is 5.99. The Morgan fingerprint density at radius 3 is 2.34 bits per heavy atom. The second-order valence-corrected chi connectivity index (χ2v) is 8.49. The first-order chi connectivity index (χ1) is 15.4. The SMILES string of the molecule is CN(C)C(=O)c1cccc(Nc2c(N[C@@H]3CCCC[C@H]3c3ccccc3)c(=O)c2=O)c1O. The van der Waals surface area contributed by atoms with E-state index >= 15 is 0 Å². The van der Waals surface area contributed by atoms with Gasteiger partial charge in [-0.3, -0.25) is 14.4 Å². The molecule has 32 heavy (non-hydrogen) atoms. The maximum absolute atomic E-state index is 12.4. The Hall–Kier alpha value is -3.61. The van der Waals surface area contributed by atoms with Gasteiger partial charge in [-0.2, -0.15) is 0 Å². The fourth-order valence-electron chi connectivity index (χ4n) is 4.43. The molecule has 0 spiro atoms. The molecule has 1 saturated carbocycles. The molecule has 166 valence electrons. The molecule has 1 aliphatic carbocycles. The number of amides is 1. The van der Waals surface area contributed by atoms with E-state index in [9.17, 15) is 19.5 Å². The zero-order valence-corrected chi connectivity index (χ0v) is 18.2. The van der Waals surface area contributed by atoms with Gasteiger partial charge in [0.15, 0.2) is 5.75 Å². The molecule has 3 N–H and O–H groups in total. The molecule has 1 amide bonds. The van der Waals surface area contributed by atoms with Crippen molar-refractivity contribution in [3.05, 3.63) is 80.1 Å². The van der Waals surface area contributed by atoms with Crippen LogP contribution in [0.4, 0.5) is 17.1 Å². The highest BCUT2D eigenvalue weighted by Gasteiger charge is 2.31. The van der Waals surface area contributed by atoms with E-state index < -0.39 is 10.9 Å². The molecule has 2 atom stereocenters. The molecule has 0 aliphatic heterocycles. The summed E-state index contributed by atoms with van der Waals surface area (Å²) >= 11 is 0. The van der Waals surface area contributed by atoms with Gasteiger partial charge in [0, 0.05) is 26.1 Å². The van der Waals surface area contributed by atoms with Crippen molar-refractivity contribution in [1.29, 1.82) is 0 Å². The van der Waals surface area contributed by atoms with Crippen LogP contribution >= 0.6 is 0 Å². The molecule has 7 nitrogen and oxygen atoms in total. The molecule has 1 aliphatic rings. The molecule has 4 rings (SSSR count). The molecule has 7 heteroatoms. The Balaban J connectivity index is 1.60. The molecule has 0 radical (unpaired) electrons. The summed E-state index contributed by atoms with van der Waals surface area (Å²) in [7, 11) is 3.18. The number of para-hydroxylation sites is 1. The molecule has 3 aromatic rings. The first-order valence-electron chi connectivity index (χ1n) is 10.8. The number of phenolic OH excluding ortho intramolecular Hbond substituents is 1. The van der Waals surface area contributed by atoms with Gasteiger partial charge >= 0.3 is 0 Å². The number of phenols is 1. The smallest absolute Gasteiger partial charge is 0.257 e. The summed E-state index contributed by atoms with van der Waals surface area (Å²) in [6, 6.07) is 14.9. The van der Waals surface area contributed by atoms with Gasteiger partial charge in [-0.15, -0.1) is 0 Å². The highest BCUT2D eigenvalue weighted by atomic mass is 16.3. The van der Waals surface area contributed by atoms with E-state index in [1.54, 1.807) is 26.2 Å². The van der Waals surface area contributed by atoms with Gasteiger partial charge in [0.2, 0.25) is 0 Å². The summed E-state index contributed by atoms with van der Waals surface area (Å²) in [6.45, 7) is 0. The summed E-state index contributed by atoms with van der Waals surface area (Å²) < 4.78 is 0. The number of carbonyl (C=O) groups excluding carboxylic acids is 1. The Morgan fingerprint density at radius 1 is 0.938 bits per heavy atom. The van der Waals surface area contributed by atoms with Crippen molar-refractivity contribution in [2.24, 2.45) is 0 Å². The highest BCUT2D eigenvalue weighted by Crippen LogP contribution is 2.37. The number of hydrogen-bond donors (Lipinski definition) is 3. The number of nitrogens with one attached hydrogen (secondary N) is 2. The van der Waals surface area contributed by atoms with Crippen LogP contribution in [0.1, 0.15) is 47.5 Å². The van der Waals surface area contributed by atoms with Crippen LogP contribution in [0.5, 0.6) is 5.75 Å². The fraction of sp³-hybridized carbons (Fsp3) is 0.320. The third kappa shape index (κ3) is 3.98. The minimum absolute atomic E-state index is 0.0326. The summed E-state index contributed by atoms with van der Waals surface area (Å²) in [5.41, 5.74) is 0.697. The van der Waals surface area contributed by atoms with E-state index in [-0.39, 0.29) is 46.2 Å². The normalized spacial score (nSPS) is 18.3. The largest absolute Gasteiger partial charge is 0.505 e. The van der Waals surface area contributed by atoms with Crippen LogP contribution in [0, 0.1) is 0 Å². The van der Waals surface area contributed by atoms with Gasteiger partial charge < -0.3 is 20.6 Å². The minimum Gasteiger partial charge on any atom is -0.505 e. The van der Waals surface area contributed by atoms with Crippen molar-refractivity contribution >= 4 is 23.0 Å². The predicted molar refractivity (Wildman–Crippen MR) is 126 cm³/mol. The lowest BCUT2D eigenvalue weighted by Gasteiger charge is -2.34. The lowest BCUT2D eigenvalue weighted by atomic mass is 9.79. The first-order valence-corrected chi connectivity index (χ1v) is 10.8. The number of carbonyl (C=O) groups is 1. The zero-order valence-electron chi connectivity index (χ0n) is 18.2. The molecule has 3 aromatic carbocycles. The molecule has 0 unspecified atom stereocenters. The predicted octanol–water partition coefficient (Wildman–Crippen LogP) is 3.57. The Labute approximate surface area is 186 Å². The summed E-state index contributed by atoms with van der Waals surface area (Å²) in [5, 5.41) is 16.8. The average molecular weight is 434 g/mol. The van der Waals surface area contributed by atoms with Gasteiger partial charge in [0.05, 0.1) is 11.3 Å². The van der Waals surface area contributed by atoms with Gasteiger partial charge in [0.1, 0.15) is 11.4 Å². The van der Waals surface area contributed by atoms with Crippen LogP contribution in [0.3, 0.4) is 0 Å². The summed E-state index contributed by atoms with van der Waals surface area (Å²) in [6.07, 6.45) is 4.08.